The van der Waals surface area contributed by atoms with Gasteiger partial charge in [0.25, 0.3) is 0 Å². The average molecular weight is 388 g/mol. The number of carbonyl (C=O) groups is 1. The fourth-order valence-corrected chi connectivity index (χ4v) is 3.36. The predicted octanol–water partition coefficient (Wildman–Crippen LogP) is 4.63. The highest BCUT2D eigenvalue weighted by atomic mass is 35.5. The lowest BCUT2D eigenvalue weighted by molar-refractivity contribution is -0.116. The number of fused-ring (bicyclic) bond motifs is 1. The Bertz CT molecular complexity index is 943. The van der Waals surface area contributed by atoms with Crippen LogP contribution in [0.5, 0.6) is 0 Å². The molecule has 3 rings (SSSR count). The highest BCUT2D eigenvalue weighted by molar-refractivity contribution is 6.36. The second-order valence-corrected chi connectivity index (χ2v) is 6.66. The molecule has 3 aromatic rings. The van der Waals surface area contributed by atoms with Crippen molar-refractivity contribution in [2.75, 3.05) is 6.54 Å². The van der Waals surface area contributed by atoms with Crippen molar-refractivity contribution in [2.45, 2.75) is 19.9 Å². The summed E-state index contributed by atoms with van der Waals surface area (Å²) in [5.74, 6) is 0.771. The van der Waals surface area contributed by atoms with Gasteiger partial charge in [0, 0.05) is 28.6 Å². The molecule has 0 atom stereocenters. The van der Waals surface area contributed by atoms with Gasteiger partial charge in [0.2, 0.25) is 5.91 Å². The molecule has 1 N–H and O–H groups in total. The molecule has 0 fully saturated rings. The van der Waals surface area contributed by atoms with Crippen LogP contribution in [0.15, 0.2) is 54.6 Å². The summed E-state index contributed by atoms with van der Waals surface area (Å²) in [7, 11) is 0. The minimum absolute atomic E-state index is 0.107. The Hall–Kier alpha value is -2.30. The van der Waals surface area contributed by atoms with E-state index < -0.39 is 0 Å². The van der Waals surface area contributed by atoms with E-state index in [2.05, 4.69) is 9.88 Å². The molecule has 0 saturated heterocycles. The first kappa shape index (κ1) is 18.5. The molecule has 0 saturated carbocycles. The molecule has 26 heavy (non-hydrogen) atoms. The van der Waals surface area contributed by atoms with Crippen LogP contribution in [-0.4, -0.2) is 22.0 Å². The lowest BCUT2D eigenvalue weighted by atomic mass is 10.2. The quantitative estimate of drug-likeness (QED) is 0.626. The van der Waals surface area contributed by atoms with E-state index in [1.807, 2.05) is 49.4 Å². The SMILES string of the molecule is C/C=C/C(=O)NCCc1nc2ccccc2n1Cc1c(Cl)cccc1Cl. The van der Waals surface area contributed by atoms with Crippen molar-refractivity contribution in [3.63, 3.8) is 0 Å². The van der Waals surface area contributed by atoms with Crippen LogP contribution in [0.3, 0.4) is 0 Å². The summed E-state index contributed by atoms with van der Waals surface area (Å²) in [5.41, 5.74) is 2.78. The standard InChI is InChI=1S/C20H19Cl2N3O/c1-2-6-20(26)23-12-11-19-24-17-9-3-4-10-18(17)25(19)13-14-15(21)7-5-8-16(14)22/h2-10H,11-13H2,1H3,(H,23,26)/b6-2+. The number of allylic oxidation sites excluding steroid dienone is 1. The van der Waals surface area contributed by atoms with Gasteiger partial charge in [-0.2, -0.15) is 0 Å². The molecule has 0 unspecified atom stereocenters. The molecule has 0 aliphatic heterocycles. The number of hydrogen-bond acceptors (Lipinski definition) is 2. The molecular formula is C20H19Cl2N3O. The van der Waals surface area contributed by atoms with Crippen LogP contribution in [0.1, 0.15) is 18.3 Å². The van der Waals surface area contributed by atoms with Gasteiger partial charge in [-0.3, -0.25) is 4.79 Å². The monoisotopic (exact) mass is 387 g/mol. The summed E-state index contributed by atoms with van der Waals surface area (Å²) >= 11 is 12.7. The number of halogens is 2. The lowest BCUT2D eigenvalue weighted by Crippen LogP contribution is -2.24. The topological polar surface area (TPSA) is 46.9 Å². The van der Waals surface area contributed by atoms with Crippen molar-refractivity contribution in [2.24, 2.45) is 0 Å². The summed E-state index contributed by atoms with van der Waals surface area (Å²) in [4.78, 5) is 16.3. The molecule has 4 nitrogen and oxygen atoms in total. The van der Waals surface area contributed by atoms with Crippen molar-refractivity contribution >= 4 is 40.1 Å². The van der Waals surface area contributed by atoms with E-state index in [4.69, 9.17) is 28.2 Å². The molecule has 6 heteroatoms. The number of benzene rings is 2. The lowest BCUT2D eigenvalue weighted by Gasteiger charge is -2.12. The Morgan fingerprint density at radius 3 is 2.62 bits per heavy atom. The fraction of sp³-hybridized carbons (Fsp3) is 0.200. The van der Waals surface area contributed by atoms with Crippen LogP contribution in [0, 0.1) is 0 Å². The largest absolute Gasteiger partial charge is 0.352 e. The molecule has 1 amide bonds. The zero-order valence-corrected chi connectivity index (χ0v) is 15.9. The number of imidazole rings is 1. The van der Waals surface area contributed by atoms with Gasteiger partial charge in [0.05, 0.1) is 17.6 Å². The number of nitrogens with zero attached hydrogens (tertiary/aromatic N) is 2. The first-order valence-corrected chi connectivity index (χ1v) is 9.13. The van der Waals surface area contributed by atoms with Crippen LogP contribution < -0.4 is 5.32 Å². The van der Waals surface area contributed by atoms with E-state index in [1.54, 1.807) is 6.08 Å². The Balaban J connectivity index is 1.91. The summed E-state index contributed by atoms with van der Waals surface area (Å²) in [5, 5.41) is 4.11. The smallest absolute Gasteiger partial charge is 0.243 e. The van der Waals surface area contributed by atoms with E-state index >= 15 is 0 Å². The third kappa shape index (κ3) is 4.09. The molecule has 2 aromatic carbocycles. The van der Waals surface area contributed by atoms with E-state index in [0.717, 1.165) is 22.4 Å². The van der Waals surface area contributed by atoms with Crippen molar-refractivity contribution in [3.8, 4) is 0 Å². The molecule has 0 bridgehead atoms. The minimum Gasteiger partial charge on any atom is -0.352 e. The highest BCUT2D eigenvalue weighted by Gasteiger charge is 2.14. The van der Waals surface area contributed by atoms with Gasteiger partial charge >= 0.3 is 0 Å². The van der Waals surface area contributed by atoms with Crippen molar-refractivity contribution < 1.29 is 4.79 Å². The highest BCUT2D eigenvalue weighted by Crippen LogP contribution is 2.27. The Labute approximate surface area is 162 Å². The summed E-state index contributed by atoms with van der Waals surface area (Å²) < 4.78 is 2.10. The minimum atomic E-state index is -0.107. The molecule has 0 spiro atoms. The summed E-state index contributed by atoms with van der Waals surface area (Å²) in [6.45, 7) is 2.84. The third-order valence-corrected chi connectivity index (χ3v) is 4.79. The van der Waals surface area contributed by atoms with E-state index in [0.29, 0.717) is 29.6 Å². The molecule has 1 heterocycles. The molecule has 0 aliphatic rings. The number of amides is 1. The fourth-order valence-electron chi connectivity index (χ4n) is 2.84. The van der Waals surface area contributed by atoms with Crippen LogP contribution in [0.25, 0.3) is 11.0 Å². The van der Waals surface area contributed by atoms with Gasteiger partial charge in [-0.05, 0) is 37.3 Å². The van der Waals surface area contributed by atoms with Crippen LogP contribution in [0.4, 0.5) is 0 Å². The van der Waals surface area contributed by atoms with Crippen LogP contribution in [-0.2, 0) is 17.8 Å². The molecule has 1 aromatic heterocycles. The molecule has 0 aliphatic carbocycles. The predicted molar refractivity (Wildman–Crippen MR) is 107 cm³/mol. The number of carbonyl (C=O) groups excluding carboxylic acids is 1. The Morgan fingerprint density at radius 1 is 1.15 bits per heavy atom. The van der Waals surface area contributed by atoms with Crippen LogP contribution >= 0.6 is 23.2 Å². The first-order chi connectivity index (χ1) is 12.6. The van der Waals surface area contributed by atoms with Gasteiger partial charge in [-0.15, -0.1) is 0 Å². The maximum Gasteiger partial charge on any atom is 0.243 e. The zero-order valence-electron chi connectivity index (χ0n) is 14.4. The second kappa shape index (κ2) is 8.39. The van der Waals surface area contributed by atoms with Gasteiger partial charge < -0.3 is 9.88 Å². The Morgan fingerprint density at radius 2 is 1.88 bits per heavy atom. The van der Waals surface area contributed by atoms with Crippen molar-refractivity contribution in [1.82, 2.24) is 14.9 Å². The van der Waals surface area contributed by atoms with Gasteiger partial charge in [0.1, 0.15) is 5.82 Å². The average Bonchev–Trinajstić information content (AvgIpc) is 2.96. The molecular weight excluding hydrogens is 369 g/mol. The Kier molecular flexibility index (Phi) is 5.96. The van der Waals surface area contributed by atoms with Crippen LogP contribution in [0.2, 0.25) is 10.0 Å². The number of nitrogens with one attached hydrogen (secondary N) is 1. The molecule has 0 radical (unpaired) electrons. The number of hydrogen-bond donors (Lipinski definition) is 1. The summed E-state index contributed by atoms with van der Waals surface area (Å²) in [6.07, 6.45) is 3.83. The zero-order chi connectivity index (χ0) is 18.5. The van der Waals surface area contributed by atoms with Gasteiger partial charge in [-0.25, -0.2) is 4.98 Å². The van der Waals surface area contributed by atoms with E-state index in [1.165, 1.54) is 6.08 Å². The number of para-hydroxylation sites is 2. The maximum atomic E-state index is 11.6. The third-order valence-electron chi connectivity index (χ3n) is 4.08. The second-order valence-electron chi connectivity index (χ2n) is 5.84. The number of aromatic nitrogens is 2. The normalized spacial score (nSPS) is 11.3. The van der Waals surface area contributed by atoms with E-state index in [9.17, 15) is 4.79 Å². The van der Waals surface area contributed by atoms with E-state index in [-0.39, 0.29) is 5.91 Å². The molecule has 134 valence electrons. The first-order valence-electron chi connectivity index (χ1n) is 8.37. The van der Waals surface area contributed by atoms with Crippen molar-refractivity contribution in [3.05, 3.63) is 76.0 Å². The maximum absolute atomic E-state index is 11.6. The summed E-state index contributed by atoms with van der Waals surface area (Å²) in [6, 6.07) is 13.4. The van der Waals surface area contributed by atoms with Crippen molar-refractivity contribution in [1.29, 1.82) is 0 Å². The van der Waals surface area contributed by atoms with Gasteiger partial charge in [0.15, 0.2) is 0 Å². The number of rotatable bonds is 6. The van der Waals surface area contributed by atoms with Gasteiger partial charge in [-0.1, -0.05) is 47.5 Å².